The summed E-state index contributed by atoms with van der Waals surface area (Å²) in [6.07, 6.45) is -4.77. The second-order valence-electron chi connectivity index (χ2n) is 9.81. The average molecular weight is 606 g/mol. The molecule has 0 N–H and O–H groups in total. The molecule has 4 aromatic rings. The molecular weight excluding hydrogens is 575 g/mol. The number of para-hydroxylation sites is 1. The summed E-state index contributed by atoms with van der Waals surface area (Å²) in [5.74, 6) is 1.02. The molecule has 14 heteroatoms. The Labute approximate surface area is 241 Å². The molecule has 2 heterocycles. The number of benzene rings is 3. The Bertz CT molecular complexity index is 1600. The van der Waals surface area contributed by atoms with Gasteiger partial charge in [0.2, 0.25) is 0 Å². The lowest BCUT2D eigenvalue weighted by Crippen LogP contribution is -2.49. The van der Waals surface area contributed by atoms with Crippen LogP contribution in [0.5, 0.6) is 11.5 Å². The third kappa shape index (κ3) is 7.31. The van der Waals surface area contributed by atoms with Crippen molar-refractivity contribution in [1.82, 2.24) is 18.9 Å². The number of imidazole rings is 1. The maximum Gasteiger partial charge on any atom is 0.573 e. The first kappa shape index (κ1) is 29.6. The molecule has 1 aromatic heterocycles. The van der Waals surface area contributed by atoms with Crippen molar-refractivity contribution < 1.29 is 35.3 Å². The van der Waals surface area contributed by atoms with Crippen molar-refractivity contribution in [3.63, 3.8) is 0 Å². The van der Waals surface area contributed by atoms with Crippen molar-refractivity contribution in [2.75, 3.05) is 45.2 Å². The normalized spacial score (nSPS) is 15.0. The number of hydroxylamine groups is 2. The van der Waals surface area contributed by atoms with Gasteiger partial charge in [0.25, 0.3) is 0 Å². The maximum atomic E-state index is 12.6. The van der Waals surface area contributed by atoms with Crippen molar-refractivity contribution in [3.8, 4) is 11.5 Å². The number of halogens is 3. The van der Waals surface area contributed by atoms with Gasteiger partial charge in [-0.15, -0.1) is 13.2 Å². The minimum atomic E-state index is -4.77. The Hall–Kier alpha value is -3.85. The van der Waals surface area contributed by atoms with E-state index < -0.39 is 16.7 Å². The number of nitrogens with zero attached hydrogens (tertiary/aromatic N) is 5. The molecule has 0 bridgehead atoms. The van der Waals surface area contributed by atoms with Crippen LogP contribution in [0.3, 0.4) is 0 Å². The van der Waals surface area contributed by atoms with E-state index in [4.69, 9.17) is 14.0 Å². The molecule has 0 spiro atoms. The first-order valence-electron chi connectivity index (χ1n) is 13.1. The van der Waals surface area contributed by atoms with Crippen molar-refractivity contribution in [1.29, 1.82) is 0 Å². The standard InChI is InChI=1S/C28H30F3N5O5S/c1-33(2)41-42(37,38)35-16-14-34(15-17-35)22-10-13-25-26(18-22)36(27(32-25)20-39-23-6-4-3-5-7-23)19-21-8-11-24(12-9-21)40-28(29,30)31/h3-13,18H,14-17,19-20H2,1-2H3. The zero-order valence-electron chi connectivity index (χ0n) is 23.0. The zero-order chi connectivity index (χ0) is 29.9. The van der Waals surface area contributed by atoms with Gasteiger partial charge < -0.3 is 18.9 Å². The van der Waals surface area contributed by atoms with Crippen LogP contribution in [0.2, 0.25) is 0 Å². The summed E-state index contributed by atoms with van der Waals surface area (Å²) in [7, 11) is -0.850. The van der Waals surface area contributed by atoms with E-state index in [1.807, 2.05) is 53.1 Å². The van der Waals surface area contributed by atoms with Gasteiger partial charge in [0.05, 0.1) is 11.0 Å². The Kier molecular flexibility index (Phi) is 8.59. The van der Waals surface area contributed by atoms with Crippen molar-refractivity contribution in [2.45, 2.75) is 19.5 Å². The number of piperazine rings is 1. The smallest absolute Gasteiger partial charge is 0.486 e. The molecule has 0 saturated carbocycles. The zero-order valence-corrected chi connectivity index (χ0v) is 23.8. The molecule has 42 heavy (non-hydrogen) atoms. The number of ether oxygens (including phenoxy) is 2. The van der Waals surface area contributed by atoms with E-state index in [2.05, 4.69) is 9.64 Å². The second kappa shape index (κ2) is 12.2. The topological polar surface area (TPSA) is 89.4 Å². The highest BCUT2D eigenvalue weighted by Crippen LogP contribution is 2.28. The largest absolute Gasteiger partial charge is 0.573 e. The van der Waals surface area contributed by atoms with Crippen LogP contribution in [0.25, 0.3) is 11.0 Å². The van der Waals surface area contributed by atoms with Crippen LogP contribution in [0.4, 0.5) is 18.9 Å². The van der Waals surface area contributed by atoms with Crippen LogP contribution in [0.15, 0.2) is 72.8 Å². The van der Waals surface area contributed by atoms with E-state index in [9.17, 15) is 21.6 Å². The van der Waals surface area contributed by atoms with Gasteiger partial charge in [0.1, 0.15) is 23.9 Å². The Balaban J connectivity index is 1.40. The van der Waals surface area contributed by atoms with Gasteiger partial charge in [-0.3, -0.25) is 0 Å². The lowest BCUT2D eigenvalue weighted by molar-refractivity contribution is -0.274. The van der Waals surface area contributed by atoms with E-state index in [-0.39, 0.29) is 25.4 Å². The summed E-state index contributed by atoms with van der Waals surface area (Å²) in [4.78, 5) is 6.87. The lowest BCUT2D eigenvalue weighted by Gasteiger charge is -2.35. The van der Waals surface area contributed by atoms with E-state index in [1.54, 1.807) is 12.1 Å². The number of hydrogen-bond donors (Lipinski definition) is 0. The maximum absolute atomic E-state index is 12.6. The highest BCUT2D eigenvalue weighted by molar-refractivity contribution is 7.84. The van der Waals surface area contributed by atoms with Gasteiger partial charge in [-0.25, -0.2) is 4.98 Å². The number of rotatable bonds is 10. The molecule has 5 rings (SSSR count). The molecule has 1 fully saturated rings. The van der Waals surface area contributed by atoms with E-state index >= 15 is 0 Å². The van der Waals surface area contributed by atoms with Crippen LogP contribution >= 0.6 is 0 Å². The number of aromatic nitrogens is 2. The van der Waals surface area contributed by atoms with Crippen LogP contribution in [-0.4, -0.2) is 74.0 Å². The predicted octanol–water partition coefficient (Wildman–Crippen LogP) is 4.42. The van der Waals surface area contributed by atoms with Gasteiger partial charge in [-0.2, -0.15) is 22.1 Å². The minimum Gasteiger partial charge on any atom is -0.486 e. The van der Waals surface area contributed by atoms with Gasteiger partial charge in [0, 0.05) is 52.5 Å². The SMILES string of the molecule is CN(C)OS(=O)(=O)N1CCN(c2ccc3nc(COc4ccccc4)n(Cc4ccc(OC(F)(F)F)cc4)c3c2)CC1. The fourth-order valence-corrected chi connectivity index (χ4v) is 5.78. The molecule has 1 saturated heterocycles. The van der Waals surface area contributed by atoms with Gasteiger partial charge in [0.15, 0.2) is 0 Å². The van der Waals surface area contributed by atoms with Crippen molar-refractivity contribution in [2.24, 2.45) is 0 Å². The number of anilines is 1. The van der Waals surface area contributed by atoms with Crippen LogP contribution < -0.4 is 14.4 Å². The van der Waals surface area contributed by atoms with E-state index in [1.165, 1.54) is 30.5 Å². The molecule has 1 aliphatic heterocycles. The highest BCUT2D eigenvalue weighted by Gasteiger charge is 2.31. The third-order valence-electron chi connectivity index (χ3n) is 6.58. The molecule has 0 unspecified atom stereocenters. The summed E-state index contributed by atoms with van der Waals surface area (Å²) in [6, 6.07) is 20.8. The molecule has 10 nitrogen and oxygen atoms in total. The van der Waals surface area contributed by atoms with Gasteiger partial charge >= 0.3 is 16.7 Å². The summed E-state index contributed by atoms with van der Waals surface area (Å²) >= 11 is 0. The quantitative estimate of drug-likeness (QED) is 0.246. The number of alkyl halides is 3. The first-order chi connectivity index (χ1) is 20.0. The van der Waals surface area contributed by atoms with Crippen LogP contribution in [0, 0.1) is 0 Å². The fraction of sp³-hybridized carbons (Fsp3) is 0.321. The molecule has 1 aliphatic rings. The number of fused-ring (bicyclic) bond motifs is 1. The fourth-order valence-electron chi connectivity index (χ4n) is 4.69. The summed E-state index contributed by atoms with van der Waals surface area (Å²) < 4.78 is 81.0. The lowest BCUT2D eigenvalue weighted by atomic mass is 10.2. The highest BCUT2D eigenvalue weighted by atomic mass is 32.2. The molecule has 0 radical (unpaired) electrons. The van der Waals surface area contributed by atoms with Crippen molar-refractivity contribution >= 4 is 27.0 Å². The third-order valence-corrected chi connectivity index (χ3v) is 8.07. The van der Waals surface area contributed by atoms with Crippen LogP contribution in [0.1, 0.15) is 11.4 Å². The summed E-state index contributed by atoms with van der Waals surface area (Å²) in [5, 5.41) is 1.15. The Morgan fingerprint density at radius 3 is 2.24 bits per heavy atom. The summed E-state index contributed by atoms with van der Waals surface area (Å²) in [6.45, 7) is 1.94. The Morgan fingerprint density at radius 2 is 1.60 bits per heavy atom. The molecule has 0 atom stereocenters. The monoisotopic (exact) mass is 605 g/mol. The van der Waals surface area contributed by atoms with Crippen molar-refractivity contribution in [3.05, 3.63) is 84.2 Å². The second-order valence-corrected chi connectivity index (χ2v) is 11.3. The average Bonchev–Trinajstić information content (AvgIpc) is 3.28. The Morgan fingerprint density at radius 1 is 0.905 bits per heavy atom. The predicted molar refractivity (Wildman–Crippen MR) is 150 cm³/mol. The molecule has 3 aromatic carbocycles. The molecule has 0 amide bonds. The van der Waals surface area contributed by atoms with Gasteiger partial charge in [-0.05, 0) is 48.0 Å². The van der Waals surface area contributed by atoms with E-state index in [0.29, 0.717) is 31.2 Å². The first-order valence-corrected chi connectivity index (χ1v) is 14.5. The van der Waals surface area contributed by atoms with E-state index in [0.717, 1.165) is 27.3 Å². The number of hydrogen-bond acceptors (Lipinski definition) is 8. The molecular formula is C28H30F3N5O5S. The molecule has 224 valence electrons. The summed E-state index contributed by atoms with van der Waals surface area (Å²) in [5.41, 5.74) is 3.16. The molecule has 0 aliphatic carbocycles. The van der Waals surface area contributed by atoms with Crippen LogP contribution in [-0.2, 0) is 27.7 Å². The minimum absolute atomic E-state index is 0.172. The van der Waals surface area contributed by atoms with Gasteiger partial charge in [-0.1, -0.05) is 30.3 Å².